The zero-order valence-electron chi connectivity index (χ0n) is 22.1. The summed E-state index contributed by atoms with van der Waals surface area (Å²) in [7, 11) is 0. The highest BCUT2D eigenvalue weighted by molar-refractivity contribution is 5.93. The minimum atomic E-state index is -0.426. The molecule has 3 rings (SSSR count). The molecule has 0 bridgehead atoms. The summed E-state index contributed by atoms with van der Waals surface area (Å²) >= 11 is 0. The van der Waals surface area contributed by atoms with E-state index in [1.54, 1.807) is 42.5 Å². The molecule has 3 aromatic rings. The third kappa shape index (κ3) is 9.71. The molecule has 3 N–H and O–H groups in total. The van der Waals surface area contributed by atoms with Gasteiger partial charge in [0.25, 0.3) is 5.91 Å². The van der Waals surface area contributed by atoms with Crippen LogP contribution in [-0.2, 0) is 20.8 Å². The van der Waals surface area contributed by atoms with E-state index in [1.807, 2.05) is 13.0 Å². The van der Waals surface area contributed by atoms with Crippen molar-refractivity contribution in [2.45, 2.75) is 26.2 Å². The number of benzene rings is 3. The molecule has 0 spiro atoms. The molecule has 0 saturated carbocycles. The van der Waals surface area contributed by atoms with Crippen LogP contribution in [0.3, 0.4) is 0 Å². The van der Waals surface area contributed by atoms with Gasteiger partial charge in [-0.2, -0.15) is 5.10 Å². The number of carbonyl (C=O) groups excluding carboxylic acids is 3. The Morgan fingerprint density at radius 1 is 0.900 bits per heavy atom. The Bertz CT molecular complexity index is 1340. The molecule has 0 fully saturated rings. The van der Waals surface area contributed by atoms with Crippen molar-refractivity contribution in [3.05, 3.63) is 96.3 Å². The summed E-state index contributed by atoms with van der Waals surface area (Å²) in [6, 6.07) is 17.8. The molecular formula is C30H31FN4O5. The SMILES string of the molecule is C=CCc1cc(C=NNC(=O)CCC(=O)Nc2ccccc2)cc(OCC)c1OCC(=O)Nc1ccc(F)cc1. The van der Waals surface area contributed by atoms with Gasteiger partial charge in [-0.15, -0.1) is 6.58 Å². The zero-order chi connectivity index (χ0) is 28.7. The van der Waals surface area contributed by atoms with Gasteiger partial charge in [0, 0.05) is 29.8 Å². The molecule has 0 radical (unpaired) electrons. The number of nitrogens with zero attached hydrogens (tertiary/aromatic N) is 1. The predicted molar refractivity (Wildman–Crippen MR) is 152 cm³/mol. The van der Waals surface area contributed by atoms with Crippen molar-refractivity contribution in [2.75, 3.05) is 23.8 Å². The minimum absolute atomic E-state index is 0.00892. The number of carbonyl (C=O) groups is 3. The summed E-state index contributed by atoms with van der Waals surface area (Å²) in [6.07, 6.45) is 3.52. The smallest absolute Gasteiger partial charge is 0.262 e. The number of hydrogen-bond acceptors (Lipinski definition) is 6. The molecule has 0 heterocycles. The van der Waals surface area contributed by atoms with E-state index >= 15 is 0 Å². The lowest BCUT2D eigenvalue weighted by atomic mass is 10.1. The third-order valence-corrected chi connectivity index (χ3v) is 5.33. The highest BCUT2D eigenvalue weighted by atomic mass is 19.1. The Balaban J connectivity index is 1.60. The lowest BCUT2D eigenvalue weighted by Gasteiger charge is -2.16. The van der Waals surface area contributed by atoms with E-state index in [2.05, 4.69) is 27.7 Å². The van der Waals surface area contributed by atoms with E-state index < -0.39 is 17.6 Å². The average molecular weight is 547 g/mol. The molecule has 0 atom stereocenters. The molecule has 0 saturated heterocycles. The van der Waals surface area contributed by atoms with Crippen LogP contribution in [0.2, 0.25) is 0 Å². The summed E-state index contributed by atoms with van der Waals surface area (Å²) < 4.78 is 24.7. The van der Waals surface area contributed by atoms with Crippen molar-refractivity contribution in [3.63, 3.8) is 0 Å². The Morgan fingerprint density at radius 2 is 1.57 bits per heavy atom. The van der Waals surface area contributed by atoms with Gasteiger partial charge >= 0.3 is 0 Å². The average Bonchev–Trinajstić information content (AvgIpc) is 2.94. The molecule has 0 aliphatic carbocycles. The Hall–Kier alpha value is -4.99. The van der Waals surface area contributed by atoms with Crippen molar-refractivity contribution < 1.29 is 28.2 Å². The number of ether oxygens (including phenoxy) is 2. The normalized spacial score (nSPS) is 10.6. The van der Waals surface area contributed by atoms with Gasteiger partial charge in [0.05, 0.1) is 12.8 Å². The number of hydrogen-bond donors (Lipinski definition) is 3. The van der Waals surface area contributed by atoms with Crippen molar-refractivity contribution >= 4 is 35.3 Å². The maximum Gasteiger partial charge on any atom is 0.262 e. The van der Waals surface area contributed by atoms with Crippen molar-refractivity contribution in [1.82, 2.24) is 5.43 Å². The van der Waals surface area contributed by atoms with Gasteiger partial charge < -0.3 is 20.1 Å². The minimum Gasteiger partial charge on any atom is -0.490 e. The van der Waals surface area contributed by atoms with Crippen LogP contribution in [0.15, 0.2) is 84.5 Å². The second kappa shape index (κ2) is 15.4. The fourth-order valence-electron chi connectivity index (χ4n) is 3.57. The monoisotopic (exact) mass is 546 g/mol. The van der Waals surface area contributed by atoms with E-state index in [0.29, 0.717) is 47.0 Å². The summed E-state index contributed by atoms with van der Waals surface area (Å²) in [5, 5.41) is 9.36. The summed E-state index contributed by atoms with van der Waals surface area (Å²) in [4.78, 5) is 36.6. The number of allylic oxidation sites excluding steroid dienone is 1. The highest BCUT2D eigenvalue weighted by Crippen LogP contribution is 2.33. The predicted octanol–water partition coefficient (Wildman–Crippen LogP) is 4.84. The first-order valence-corrected chi connectivity index (χ1v) is 12.6. The van der Waals surface area contributed by atoms with Crippen molar-refractivity contribution in [2.24, 2.45) is 5.10 Å². The molecule has 40 heavy (non-hydrogen) atoms. The second-order valence-electron chi connectivity index (χ2n) is 8.48. The van der Waals surface area contributed by atoms with E-state index in [0.717, 1.165) is 0 Å². The number of anilines is 2. The number of nitrogens with one attached hydrogen (secondary N) is 3. The van der Waals surface area contributed by atoms with Crippen LogP contribution >= 0.6 is 0 Å². The first kappa shape index (κ1) is 29.6. The van der Waals surface area contributed by atoms with Gasteiger partial charge in [-0.05, 0) is 67.4 Å². The van der Waals surface area contributed by atoms with E-state index in [9.17, 15) is 18.8 Å². The molecule has 0 aromatic heterocycles. The van der Waals surface area contributed by atoms with E-state index in [4.69, 9.17) is 9.47 Å². The molecule has 0 unspecified atom stereocenters. The molecule has 0 aliphatic heterocycles. The standard InChI is InChI=1S/C30H31FN4O5/c1-3-8-22-17-21(19-32-35-28(37)16-15-27(36)33-24-9-6-5-7-10-24)18-26(39-4-2)30(22)40-20-29(38)34-25-13-11-23(31)12-14-25/h3,5-7,9-14,17-19H,1,4,8,15-16,20H2,2H3,(H,33,36)(H,34,38)(H,35,37). The topological polar surface area (TPSA) is 118 Å². The summed E-state index contributed by atoms with van der Waals surface area (Å²) in [5.74, 6) is -0.752. The van der Waals surface area contributed by atoms with Gasteiger partial charge in [0.15, 0.2) is 18.1 Å². The molecule has 208 valence electrons. The van der Waals surface area contributed by atoms with Gasteiger partial charge in [-0.1, -0.05) is 24.3 Å². The molecular weight excluding hydrogens is 515 g/mol. The number of halogens is 1. The summed E-state index contributed by atoms with van der Waals surface area (Å²) in [5.41, 5.74) is 4.83. The maximum absolute atomic E-state index is 13.1. The largest absolute Gasteiger partial charge is 0.490 e. The quantitative estimate of drug-likeness (QED) is 0.152. The second-order valence-corrected chi connectivity index (χ2v) is 8.48. The van der Waals surface area contributed by atoms with Gasteiger partial charge in [-0.3, -0.25) is 14.4 Å². The molecule has 3 aromatic carbocycles. The fourth-order valence-corrected chi connectivity index (χ4v) is 3.57. The number of hydrazone groups is 1. The van der Waals surface area contributed by atoms with Crippen LogP contribution in [-0.4, -0.2) is 37.1 Å². The van der Waals surface area contributed by atoms with Gasteiger partial charge in [0.2, 0.25) is 11.8 Å². The van der Waals surface area contributed by atoms with E-state index in [-0.39, 0.29) is 25.4 Å². The van der Waals surface area contributed by atoms with E-state index in [1.165, 1.54) is 30.5 Å². The fraction of sp³-hybridized carbons (Fsp3) is 0.200. The Kier molecular flexibility index (Phi) is 11.4. The van der Waals surface area contributed by atoms with Crippen LogP contribution in [0.4, 0.5) is 15.8 Å². The maximum atomic E-state index is 13.1. The number of rotatable bonds is 14. The van der Waals surface area contributed by atoms with Gasteiger partial charge in [-0.25, -0.2) is 9.82 Å². The molecule has 3 amide bonds. The molecule has 10 heteroatoms. The van der Waals surface area contributed by atoms with Gasteiger partial charge in [0.1, 0.15) is 5.82 Å². The first-order chi connectivity index (χ1) is 19.4. The third-order valence-electron chi connectivity index (χ3n) is 5.33. The van der Waals surface area contributed by atoms with Crippen LogP contribution in [0.5, 0.6) is 11.5 Å². The van der Waals surface area contributed by atoms with Crippen molar-refractivity contribution in [3.8, 4) is 11.5 Å². The van der Waals surface area contributed by atoms with Crippen molar-refractivity contribution in [1.29, 1.82) is 0 Å². The lowest BCUT2D eigenvalue weighted by Crippen LogP contribution is -2.21. The molecule has 9 nitrogen and oxygen atoms in total. The lowest BCUT2D eigenvalue weighted by molar-refractivity contribution is -0.124. The van der Waals surface area contributed by atoms with Crippen LogP contribution in [0.25, 0.3) is 0 Å². The number of para-hydroxylation sites is 1. The first-order valence-electron chi connectivity index (χ1n) is 12.6. The Morgan fingerprint density at radius 3 is 2.27 bits per heavy atom. The molecule has 0 aliphatic rings. The number of amides is 3. The van der Waals surface area contributed by atoms with Crippen LogP contribution in [0.1, 0.15) is 30.9 Å². The Labute approximate surface area is 232 Å². The van der Waals surface area contributed by atoms with Crippen LogP contribution in [0, 0.1) is 5.82 Å². The summed E-state index contributed by atoms with van der Waals surface area (Å²) in [6.45, 7) is 5.63. The zero-order valence-corrected chi connectivity index (χ0v) is 22.1. The van der Waals surface area contributed by atoms with Crippen LogP contribution < -0.4 is 25.5 Å². The highest BCUT2D eigenvalue weighted by Gasteiger charge is 2.15.